The van der Waals surface area contributed by atoms with Crippen LogP contribution in [0.1, 0.15) is 27.2 Å². The lowest BCUT2D eigenvalue weighted by Crippen LogP contribution is -2.37. The molecular formula is C23H25FN4O2. The molecule has 6 nitrogen and oxygen atoms in total. The van der Waals surface area contributed by atoms with Gasteiger partial charge in [0.2, 0.25) is 0 Å². The van der Waals surface area contributed by atoms with Gasteiger partial charge in [-0.1, -0.05) is 18.2 Å². The second kappa shape index (κ2) is 10.2. The standard InChI is InChI=1S/C23H25FN4O2/c1-16-14-19(24)8-7-18(16)11-12-26-23(25-2)27-15-17-5-9-20(10-6-17)28-22(29)21-4-3-13-30-21/h3-10,13-14H,11-12,15H2,1-2H3,(H,28,29)(H2,25,26,27). The van der Waals surface area contributed by atoms with Crippen molar-refractivity contribution in [2.75, 3.05) is 18.9 Å². The Morgan fingerprint density at radius 2 is 1.90 bits per heavy atom. The monoisotopic (exact) mass is 408 g/mol. The van der Waals surface area contributed by atoms with Gasteiger partial charge in [0.25, 0.3) is 5.91 Å². The van der Waals surface area contributed by atoms with Crippen LogP contribution < -0.4 is 16.0 Å². The number of aryl methyl sites for hydroxylation is 1. The molecule has 0 aliphatic heterocycles. The first-order valence-corrected chi connectivity index (χ1v) is 9.68. The first-order chi connectivity index (χ1) is 14.5. The fraction of sp³-hybridized carbons (Fsp3) is 0.217. The van der Waals surface area contributed by atoms with Gasteiger partial charge in [-0.3, -0.25) is 9.79 Å². The Morgan fingerprint density at radius 1 is 1.10 bits per heavy atom. The van der Waals surface area contributed by atoms with E-state index in [1.54, 1.807) is 25.2 Å². The van der Waals surface area contributed by atoms with Gasteiger partial charge in [0.1, 0.15) is 5.82 Å². The number of aliphatic imine (C=N–C) groups is 1. The average Bonchev–Trinajstić information content (AvgIpc) is 3.28. The average molecular weight is 408 g/mol. The molecule has 1 amide bonds. The highest BCUT2D eigenvalue weighted by Crippen LogP contribution is 2.12. The summed E-state index contributed by atoms with van der Waals surface area (Å²) >= 11 is 0. The summed E-state index contributed by atoms with van der Waals surface area (Å²) in [4.78, 5) is 16.2. The molecule has 0 aliphatic rings. The number of benzene rings is 2. The fourth-order valence-corrected chi connectivity index (χ4v) is 2.97. The molecule has 3 rings (SSSR count). The Bertz CT molecular complexity index is 999. The van der Waals surface area contributed by atoms with E-state index in [1.807, 2.05) is 37.3 Å². The molecule has 0 saturated carbocycles. The normalized spacial score (nSPS) is 11.2. The van der Waals surface area contributed by atoms with E-state index in [0.29, 0.717) is 24.7 Å². The first-order valence-electron chi connectivity index (χ1n) is 9.68. The molecule has 1 aromatic heterocycles. The van der Waals surface area contributed by atoms with Crippen LogP contribution in [-0.4, -0.2) is 25.5 Å². The van der Waals surface area contributed by atoms with E-state index in [1.165, 1.54) is 12.3 Å². The van der Waals surface area contributed by atoms with Crippen molar-refractivity contribution in [3.8, 4) is 0 Å². The second-order valence-electron chi connectivity index (χ2n) is 6.80. The maximum atomic E-state index is 13.2. The van der Waals surface area contributed by atoms with Gasteiger partial charge in [-0.15, -0.1) is 0 Å². The quantitative estimate of drug-likeness (QED) is 0.409. The predicted molar refractivity (Wildman–Crippen MR) is 116 cm³/mol. The molecule has 0 fully saturated rings. The van der Waals surface area contributed by atoms with Crippen LogP contribution in [0, 0.1) is 12.7 Å². The Kier molecular flexibility index (Phi) is 7.21. The lowest BCUT2D eigenvalue weighted by Gasteiger charge is -2.13. The molecule has 3 aromatic rings. The van der Waals surface area contributed by atoms with Crippen molar-refractivity contribution in [3.05, 3.63) is 89.1 Å². The number of amides is 1. The number of hydrogen-bond donors (Lipinski definition) is 3. The van der Waals surface area contributed by atoms with E-state index < -0.39 is 0 Å². The zero-order valence-electron chi connectivity index (χ0n) is 17.0. The van der Waals surface area contributed by atoms with E-state index in [4.69, 9.17) is 4.42 Å². The van der Waals surface area contributed by atoms with E-state index in [0.717, 1.165) is 23.1 Å². The minimum Gasteiger partial charge on any atom is -0.459 e. The maximum Gasteiger partial charge on any atom is 0.291 e. The van der Waals surface area contributed by atoms with E-state index >= 15 is 0 Å². The van der Waals surface area contributed by atoms with Gasteiger partial charge < -0.3 is 20.4 Å². The second-order valence-corrected chi connectivity index (χ2v) is 6.80. The fourth-order valence-electron chi connectivity index (χ4n) is 2.97. The van der Waals surface area contributed by atoms with Gasteiger partial charge in [0.15, 0.2) is 11.7 Å². The summed E-state index contributed by atoms with van der Waals surface area (Å²) < 4.78 is 18.3. The number of halogens is 1. The number of carbonyl (C=O) groups excluding carboxylic acids is 1. The van der Waals surface area contributed by atoms with Crippen LogP contribution in [-0.2, 0) is 13.0 Å². The molecule has 156 valence electrons. The van der Waals surface area contributed by atoms with Gasteiger partial charge in [-0.25, -0.2) is 4.39 Å². The number of guanidine groups is 1. The summed E-state index contributed by atoms with van der Waals surface area (Å²) in [6.07, 6.45) is 2.24. The highest BCUT2D eigenvalue weighted by Gasteiger charge is 2.08. The van der Waals surface area contributed by atoms with Gasteiger partial charge in [-0.05, 0) is 66.4 Å². The first kappa shape index (κ1) is 21.1. The summed E-state index contributed by atoms with van der Waals surface area (Å²) in [6.45, 7) is 3.18. The van der Waals surface area contributed by atoms with E-state index in [9.17, 15) is 9.18 Å². The van der Waals surface area contributed by atoms with Crippen molar-refractivity contribution in [2.24, 2.45) is 4.99 Å². The van der Waals surface area contributed by atoms with Gasteiger partial charge in [0.05, 0.1) is 6.26 Å². The highest BCUT2D eigenvalue weighted by atomic mass is 19.1. The van der Waals surface area contributed by atoms with Crippen molar-refractivity contribution < 1.29 is 13.6 Å². The number of rotatable bonds is 7. The third-order valence-corrected chi connectivity index (χ3v) is 4.63. The molecular weight excluding hydrogens is 383 g/mol. The van der Waals surface area contributed by atoms with Crippen LogP contribution in [0.2, 0.25) is 0 Å². The molecule has 0 aliphatic carbocycles. The molecule has 0 saturated heterocycles. The van der Waals surface area contributed by atoms with E-state index in [2.05, 4.69) is 20.9 Å². The summed E-state index contributed by atoms with van der Waals surface area (Å²) in [5.41, 5.74) is 3.78. The maximum absolute atomic E-state index is 13.2. The molecule has 30 heavy (non-hydrogen) atoms. The lowest BCUT2D eigenvalue weighted by atomic mass is 10.1. The minimum atomic E-state index is -0.285. The zero-order chi connectivity index (χ0) is 21.3. The summed E-state index contributed by atoms with van der Waals surface area (Å²) in [5, 5.41) is 9.30. The molecule has 0 unspecified atom stereocenters. The SMILES string of the molecule is CN=C(NCCc1ccc(F)cc1C)NCc1ccc(NC(=O)c2ccco2)cc1. The number of anilines is 1. The Balaban J connectivity index is 1.44. The number of nitrogens with zero attached hydrogens (tertiary/aromatic N) is 1. The number of carbonyl (C=O) groups is 1. The Hall–Kier alpha value is -3.61. The lowest BCUT2D eigenvalue weighted by molar-refractivity contribution is 0.0996. The van der Waals surface area contributed by atoms with Crippen molar-refractivity contribution >= 4 is 17.6 Å². The zero-order valence-corrected chi connectivity index (χ0v) is 17.0. The highest BCUT2D eigenvalue weighted by molar-refractivity contribution is 6.02. The van der Waals surface area contributed by atoms with Crippen molar-refractivity contribution in [1.29, 1.82) is 0 Å². The number of hydrogen-bond acceptors (Lipinski definition) is 3. The Morgan fingerprint density at radius 3 is 2.57 bits per heavy atom. The number of nitrogens with one attached hydrogen (secondary N) is 3. The summed E-state index contributed by atoms with van der Waals surface area (Å²) in [7, 11) is 1.71. The van der Waals surface area contributed by atoms with Crippen LogP contribution >= 0.6 is 0 Å². The largest absolute Gasteiger partial charge is 0.459 e. The predicted octanol–water partition coefficient (Wildman–Crippen LogP) is 3.89. The van der Waals surface area contributed by atoms with Gasteiger partial charge >= 0.3 is 0 Å². The van der Waals surface area contributed by atoms with Crippen molar-refractivity contribution in [3.63, 3.8) is 0 Å². The van der Waals surface area contributed by atoms with E-state index in [-0.39, 0.29) is 17.5 Å². The molecule has 0 bridgehead atoms. The van der Waals surface area contributed by atoms with Crippen molar-refractivity contribution in [1.82, 2.24) is 10.6 Å². The Labute approximate surface area is 175 Å². The molecule has 0 atom stereocenters. The molecule has 1 heterocycles. The van der Waals surface area contributed by atoms with Crippen molar-refractivity contribution in [2.45, 2.75) is 19.9 Å². The third kappa shape index (κ3) is 5.94. The van der Waals surface area contributed by atoms with Crippen LogP contribution in [0.5, 0.6) is 0 Å². The topological polar surface area (TPSA) is 78.7 Å². The molecule has 0 spiro atoms. The van der Waals surface area contributed by atoms with Gasteiger partial charge in [-0.2, -0.15) is 0 Å². The van der Waals surface area contributed by atoms with Crippen LogP contribution in [0.3, 0.4) is 0 Å². The van der Waals surface area contributed by atoms with Crippen LogP contribution in [0.4, 0.5) is 10.1 Å². The van der Waals surface area contributed by atoms with Gasteiger partial charge in [0, 0.05) is 25.8 Å². The van der Waals surface area contributed by atoms with Crippen LogP contribution in [0.25, 0.3) is 0 Å². The summed E-state index contributed by atoms with van der Waals surface area (Å²) in [6, 6.07) is 15.7. The molecule has 2 aromatic carbocycles. The molecule has 0 radical (unpaired) electrons. The number of furan rings is 1. The molecule has 7 heteroatoms. The minimum absolute atomic E-state index is 0.215. The van der Waals surface area contributed by atoms with Crippen LogP contribution in [0.15, 0.2) is 70.3 Å². The third-order valence-electron chi connectivity index (χ3n) is 4.63. The summed E-state index contributed by atoms with van der Waals surface area (Å²) in [5.74, 6) is 0.455. The smallest absolute Gasteiger partial charge is 0.291 e. The molecule has 3 N–H and O–H groups in total.